The molecule has 0 fully saturated rings. The predicted octanol–water partition coefficient (Wildman–Crippen LogP) is 5.65. The van der Waals surface area contributed by atoms with Crippen molar-refractivity contribution in [2.45, 2.75) is 0 Å². The molecule has 0 spiro atoms. The van der Waals surface area contributed by atoms with Crippen molar-refractivity contribution in [1.29, 1.82) is 0 Å². The second-order valence-electron chi connectivity index (χ2n) is 2.80. The van der Waals surface area contributed by atoms with Crippen molar-refractivity contribution >= 4 is 74.9 Å². The molecular formula is C9H2Cl4OS2. The molecule has 1 nitrogen and oxygen atoms in total. The molecule has 0 radical (unpaired) electrons. The maximum absolute atomic E-state index is 12.0. The van der Waals surface area contributed by atoms with E-state index in [-0.39, 0.29) is 5.78 Å². The zero-order chi connectivity index (χ0) is 11.9. The number of thiophene rings is 2. The molecule has 2 aromatic heterocycles. The van der Waals surface area contributed by atoms with Gasteiger partial charge in [0.25, 0.3) is 0 Å². The molecule has 0 N–H and O–H groups in total. The van der Waals surface area contributed by atoms with E-state index in [1.54, 1.807) is 0 Å². The molecule has 0 aliphatic rings. The topological polar surface area (TPSA) is 17.1 Å². The van der Waals surface area contributed by atoms with Crippen LogP contribution in [0.2, 0.25) is 17.3 Å². The Morgan fingerprint density at radius 3 is 1.50 bits per heavy atom. The van der Waals surface area contributed by atoms with E-state index in [1.807, 2.05) is 0 Å². The van der Waals surface area contributed by atoms with Gasteiger partial charge >= 0.3 is 0 Å². The summed E-state index contributed by atoms with van der Waals surface area (Å²) in [4.78, 5) is 12.0. The molecule has 0 amide bonds. The zero-order valence-electron chi connectivity index (χ0n) is 7.39. The number of hydrogen-bond donors (Lipinski definition) is 0. The van der Waals surface area contributed by atoms with Crippen molar-refractivity contribution in [3.63, 3.8) is 0 Å². The second kappa shape index (κ2) is 4.84. The predicted molar refractivity (Wildman–Crippen MR) is 72.1 cm³/mol. The maximum atomic E-state index is 12.0. The van der Waals surface area contributed by atoms with E-state index < -0.39 is 0 Å². The quantitative estimate of drug-likeness (QED) is 0.649. The Bertz CT molecular complexity index is 510. The van der Waals surface area contributed by atoms with Crippen LogP contribution < -0.4 is 0 Å². The van der Waals surface area contributed by atoms with Gasteiger partial charge in [0.05, 0.1) is 19.8 Å². The third-order valence-corrected chi connectivity index (χ3v) is 4.78. The number of carbonyl (C=O) groups excluding carboxylic acids is 1. The molecule has 0 saturated carbocycles. The number of carbonyl (C=O) groups is 1. The van der Waals surface area contributed by atoms with Gasteiger partial charge < -0.3 is 0 Å². The van der Waals surface area contributed by atoms with Crippen LogP contribution in [0.15, 0.2) is 12.1 Å². The average molecular weight is 332 g/mol. The lowest BCUT2D eigenvalue weighted by Gasteiger charge is -1.95. The number of hydrogen-bond acceptors (Lipinski definition) is 3. The van der Waals surface area contributed by atoms with E-state index >= 15 is 0 Å². The first-order chi connectivity index (χ1) is 7.49. The van der Waals surface area contributed by atoms with E-state index in [4.69, 9.17) is 46.4 Å². The molecule has 0 atom stereocenters. The molecule has 0 bridgehead atoms. The first kappa shape index (κ1) is 12.7. The van der Waals surface area contributed by atoms with Crippen molar-refractivity contribution in [2.24, 2.45) is 0 Å². The first-order valence-corrected chi connectivity index (χ1v) is 7.08. The van der Waals surface area contributed by atoms with Crippen LogP contribution in [0.5, 0.6) is 0 Å². The molecule has 0 saturated heterocycles. The van der Waals surface area contributed by atoms with Crippen molar-refractivity contribution in [3.05, 3.63) is 40.6 Å². The smallest absolute Gasteiger partial charge is 0.197 e. The first-order valence-electron chi connectivity index (χ1n) is 3.93. The Morgan fingerprint density at radius 1 is 0.875 bits per heavy atom. The fourth-order valence-electron chi connectivity index (χ4n) is 1.14. The highest BCUT2D eigenvalue weighted by atomic mass is 35.5. The molecule has 2 heterocycles. The van der Waals surface area contributed by atoms with Crippen molar-refractivity contribution in [2.75, 3.05) is 0 Å². The summed E-state index contributed by atoms with van der Waals surface area (Å²) in [6, 6.07) is 3.05. The molecule has 0 unspecified atom stereocenters. The minimum Gasteiger partial charge on any atom is -0.288 e. The summed E-state index contributed by atoms with van der Waals surface area (Å²) in [6.45, 7) is 0. The lowest BCUT2D eigenvalue weighted by atomic mass is 10.1. The molecule has 84 valence electrons. The van der Waals surface area contributed by atoms with Gasteiger partial charge in [-0.1, -0.05) is 46.4 Å². The summed E-state index contributed by atoms with van der Waals surface area (Å²) in [5.41, 5.74) is 0.709. The third-order valence-electron chi connectivity index (χ3n) is 1.80. The minimum absolute atomic E-state index is 0.263. The van der Waals surface area contributed by atoms with E-state index in [9.17, 15) is 4.79 Å². The Morgan fingerprint density at radius 2 is 1.25 bits per heavy atom. The van der Waals surface area contributed by atoms with Crippen LogP contribution in [0.25, 0.3) is 0 Å². The summed E-state index contributed by atoms with van der Waals surface area (Å²) in [7, 11) is 0. The number of ketones is 1. The Balaban J connectivity index is 2.46. The molecule has 2 aromatic rings. The van der Waals surface area contributed by atoms with Crippen molar-refractivity contribution in [3.8, 4) is 0 Å². The normalized spacial score (nSPS) is 10.8. The summed E-state index contributed by atoms with van der Waals surface area (Å²) in [5, 5.41) is 0. The Kier molecular flexibility index (Phi) is 3.84. The molecule has 0 aliphatic carbocycles. The van der Waals surface area contributed by atoms with Crippen LogP contribution in [-0.2, 0) is 0 Å². The van der Waals surface area contributed by atoms with Gasteiger partial charge in [-0.2, -0.15) is 0 Å². The summed E-state index contributed by atoms with van der Waals surface area (Å²) < 4.78 is 1.64. The van der Waals surface area contributed by atoms with Crippen LogP contribution >= 0.6 is 69.1 Å². The number of rotatable bonds is 2. The van der Waals surface area contributed by atoms with Crippen LogP contribution in [0.4, 0.5) is 0 Å². The van der Waals surface area contributed by atoms with Gasteiger partial charge in [0, 0.05) is 0 Å². The third kappa shape index (κ3) is 2.40. The maximum Gasteiger partial charge on any atom is 0.197 e. The van der Waals surface area contributed by atoms with Gasteiger partial charge in [-0.3, -0.25) is 4.79 Å². The largest absolute Gasteiger partial charge is 0.288 e. The van der Waals surface area contributed by atoms with Crippen molar-refractivity contribution < 1.29 is 4.79 Å². The lowest BCUT2D eigenvalue weighted by molar-refractivity contribution is 0.104. The summed E-state index contributed by atoms with van der Waals surface area (Å²) in [5.74, 6) is -0.263. The zero-order valence-corrected chi connectivity index (χ0v) is 12.0. The van der Waals surface area contributed by atoms with Gasteiger partial charge in [0.2, 0.25) is 0 Å². The Hall–Kier alpha value is 0.230. The van der Waals surface area contributed by atoms with Crippen LogP contribution in [0.1, 0.15) is 15.9 Å². The van der Waals surface area contributed by atoms with Gasteiger partial charge in [0.1, 0.15) is 8.67 Å². The minimum atomic E-state index is -0.263. The molecule has 0 aromatic carbocycles. The Labute approximate surface area is 120 Å². The van der Waals surface area contributed by atoms with Gasteiger partial charge in [0.15, 0.2) is 5.78 Å². The standard InChI is InChI=1S/C9H2Cl4OS2/c10-5-1-3(8(12)15-5)7(14)4-2-6(11)16-9(4)13/h1-2H. The van der Waals surface area contributed by atoms with Gasteiger partial charge in [-0.25, -0.2) is 0 Å². The fourth-order valence-corrected chi connectivity index (χ4v) is 4.05. The van der Waals surface area contributed by atoms with Crippen LogP contribution in [-0.4, -0.2) is 5.78 Å². The average Bonchev–Trinajstić information content (AvgIpc) is 2.68. The van der Waals surface area contributed by atoms with E-state index in [0.717, 1.165) is 22.7 Å². The van der Waals surface area contributed by atoms with Crippen molar-refractivity contribution in [1.82, 2.24) is 0 Å². The lowest BCUT2D eigenvalue weighted by Crippen LogP contribution is -1.98. The summed E-state index contributed by atoms with van der Waals surface area (Å²) >= 11 is 25.6. The summed E-state index contributed by atoms with van der Waals surface area (Å²) in [6.07, 6.45) is 0. The van der Waals surface area contributed by atoms with Gasteiger partial charge in [-0.05, 0) is 12.1 Å². The SMILES string of the molecule is O=C(c1cc(Cl)sc1Cl)c1cc(Cl)sc1Cl. The second-order valence-corrected chi connectivity index (χ2v) is 7.38. The molecule has 16 heavy (non-hydrogen) atoms. The van der Waals surface area contributed by atoms with E-state index in [0.29, 0.717) is 28.5 Å². The molecule has 2 rings (SSSR count). The molecular weight excluding hydrogens is 330 g/mol. The highest BCUT2D eigenvalue weighted by molar-refractivity contribution is 7.21. The highest BCUT2D eigenvalue weighted by Gasteiger charge is 2.20. The fraction of sp³-hybridized carbons (Fsp3) is 0. The molecule has 7 heteroatoms. The van der Waals surface area contributed by atoms with E-state index in [2.05, 4.69) is 0 Å². The molecule has 0 aliphatic heterocycles. The number of halogens is 4. The van der Waals surface area contributed by atoms with Gasteiger partial charge in [-0.15, -0.1) is 22.7 Å². The highest BCUT2D eigenvalue weighted by Crippen LogP contribution is 2.37. The monoisotopic (exact) mass is 330 g/mol. The van der Waals surface area contributed by atoms with E-state index in [1.165, 1.54) is 12.1 Å². The van der Waals surface area contributed by atoms with Crippen LogP contribution in [0.3, 0.4) is 0 Å². The van der Waals surface area contributed by atoms with Crippen LogP contribution in [0, 0.1) is 0 Å².